The van der Waals surface area contributed by atoms with Crippen LogP contribution in [-0.4, -0.2) is 15.2 Å². The van der Waals surface area contributed by atoms with Gasteiger partial charge in [-0.05, 0) is 13.8 Å². The predicted octanol–water partition coefficient (Wildman–Crippen LogP) is -1.39. The van der Waals surface area contributed by atoms with E-state index in [0.29, 0.717) is 17.8 Å². The molecule has 2 N–H and O–H groups in total. The van der Waals surface area contributed by atoms with E-state index < -0.39 is 0 Å². The molecule has 0 atom stereocenters. The van der Waals surface area contributed by atoms with Crippen molar-refractivity contribution in [1.29, 1.82) is 0 Å². The van der Waals surface area contributed by atoms with E-state index in [4.69, 9.17) is 0 Å². The number of pyridine rings is 1. The first-order valence-corrected chi connectivity index (χ1v) is 6.63. The molecule has 2 heterocycles. The van der Waals surface area contributed by atoms with Crippen molar-refractivity contribution in [3.63, 3.8) is 0 Å². The molecule has 0 amide bonds. The molecule has 104 valence electrons. The maximum Gasteiger partial charge on any atom is 0.225 e. The van der Waals surface area contributed by atoms with Gasteiger partial charge in [0.1, 0.15) is 5.75 Å². The van der Waals surface area contributed by atoms with E-state index in [9.17, 15) is 10.2 Å². The van der Waals surface area contributed by atoms with Crippen LogP contribution in [0.4, 0.5) is 0 Å². The SMILES string of the molecule is Cc1ncc(C[n+]2csc(C)c2C)c(CO)c1O.[Cl-]. The lowest BCUT2D eigenvalue weighted by Crippen LogP contribution is -3.00. The molecule has 0 spiro atoms. The summed E-state index contributed by atoms with van der Waals surface area (Å²) >= 11 is 1.69. The van der Waals surface area contributed by atoms with Crippen molar-refractivity contribution >= 4 is 11.3 Å². The van der Waals surface area contributed by atoms with Gasteiger partial charge in [0.2, 0.25) is 5.51 Å². The Morgan fingerprint density at radius 2 is 2.00 bits per heavy atom. The lowest BCUT2D eigenvalue weighted by atomic mass is 10.1. The van der Waals surface area contributed by atoms with E-state index in [1.165, 1.54) is 10.6 Å². The molecule has 0 saturated carbocycles. The highest BCUT2D eigenvalue weighted by Gasteiger charge is 2.17. The number of nitrogens with zero attached hydrogens (tertiary/aromatic N) is 2. The summed E-state index contributed by atoms with van der Waals surface area (Å²) in [7, 11) is 0. The molecule has 0 aliphatic rings. The van der Waals surface area contributed by atoms with Crippen LogP contribution in [0, 0.1) is 20.8 Å². The normalized spacial score (nSPS) is 10.3. The smallest absolute Gasteiger partial charge is 0.225 e. The standard InChI is InChI=1S/C13H16N2O2S.ClH/c1-8-13(17)12(6-16)11(4-14-8)5-15-7-18-10(3)9(15)2;/h4,7,16H,5-6H2,1-3H3;1H. The van der Waals surface area contributed by atoms with Crippen LogP contribution in [0.5, 0.6) is 5.75 Å². The van der Waals surface area contributed by atoms with Crippen molar-refractivity contribution in [2.75, 3.05) is 0 Å². The third-order valence-electron chi connectivity index (χ3n) is 3.23. The third-order valence-corrected chi connectivity index (χ3v) is 4.23. The number of aryl methyl sites for hydroxylation is 2. The summed E-state index contributed by atoms with van der Waals surface area (Å²) in [4.78, 5) is 5.42. The second-order valence-corrected chi connectivity index (χ2v) is 5.41. The number of hydrogen-bond donors (Lipinski definition) is 2. The molecular weight excluding hydrogens is 284 g/mol. The Labute approximate surface area is 122 Å². The van der Waals surface area contributed by atoms with Gasteiger partial charge in [-0.15, -0.1) is 0 Å². The summed E-state index contributed by atoms with van der Waals surface area (Å²) in [5.41, 5.74) is 5.21. The van der Waals surface area contributed by atoms with Gasteiger partial charge in [-0.25, -0.2) is 0 Å². The minimum Gasteiger partial charge on any atom is -1.00 e. The molecule has 0 radical (unpaired) electrons. The third kappa shape index (κ3) is 3.05. The monoisotopic (exact) mass is 300 g/mol. The highest BCUT2D eigenvalue weighted by Crippen LogP contribution is 2.23. The fourth-order valence-electron chi connectivity index (χ4n) is 1.85. The van der Waals surface area contributed by atoms with Gasteiger partial charge in [-0.2, -0.15) is 4.57 Å². The van der Waals surface area contributed by atoms with Crippen molar-refractivity contribution in [1.82, 2.24) is 4.98 Å². The zero-order valence-electron chi connectivity index (χ0n) is 11.1. The fraction of sp³-hybridized carbons (Fsp3) is 0.385. The van der Waals surface area contributed by atoms with Crippen LogP contribution in [0.15, 0.2) is 11.7 Å². The molecule has 2 aromatic heterocycles. The Bertz CT molecular complexity index is 584. The van der Waals surface area contributed by atoms with Gasteiger partial charge < -0.3 is 22.6 Å². The van der Waals surface area contributed by atoms with Crippen molar-refractivity contribution in [3.05, 3.63) is 39.1 Å². The maximum atomic E-state index is 9.90. The summed E-state index contributed by atoms with van der Waals surface area (Å²) in [6.45, 7) is 6.31. The average Bonchev–Trinajstić information content (AvgIpc) is 2.66. The van der Waals surface area contributed by atoms with Gasteiger partial charge >= 0.3 is 0 Å². The highest BCUT2D eigenvalue weighted by molar-refractivity contribution is 7.09. The summed E-state index contributed by atoms with van der Waals surface area (Å²) in [5, 5.41) is 19.3. The second kappa shape index (κ2) is 6.32. The Morgan fingerprint density at radius 3 is 2.53 bits per heavy atom. The van der Waals surface area contributed by atoms with Crippen molar-refractivity contribution in [2.45, 2.75) is 33.9 Å². The Morgan fingerprint density at radius 1 is 1.32 bits per heavy atom. The molecule has 0 bridgehead atoms. The summed E-state index contributed by atoms with van der Waals surface area (Å²) < 4.78 is 2.10. The number of aromatic hydroxyl groups is 1. The molecule has 2 rings (SSSR count). The van der Waals surface area contributed by atoms with Crippen molar-refractivity contribution in [3.8, 4) is 5.75 Å². The lowest BCUT2D eigenvalue weighted by Gasteiger charge is -2.08. The fourth-order valence-corrected chi connectivity index (χ4v) is 2.65. The van der Waals surface area contributed by atoms with Crippen LogP contribution in [0.3, 0.4) is 0 Å². The minimum absolute atomic E-state index is 0. The van der Waals surface area contributed by atoms with E-state index in [0.717, 1.165) is 5.56 Å². The van der Waals surface area contributed by atoms with Crippen LogP contribution in [-0.2, 0) is 13.2 Å². The largest absolute Gasteiger partial charge is 1.00 e. The molecule has 0 unspecified atom stereocenters. The number of aromatic nitrogens is 2. The summed E-state index contributed by atoms with van der Waals surface area (Å²) in [6, 6.07) is 0. The zero-order valence-corrected chi connectivity index (χ0v) is 12.7. The Kier molecular flexibility index (Phi) is 5.29. The first-order valence-electron chi connectivity index (χ1n) is 5.76. The van der Waals surface area contributed by atoms with Gasteiger partial charge in [-0.1, -0.05) is 11.3 Å². The van der Waals surface area contributed by atoms with Crippen LogP contribution in [0.25, 0.3) is 0 Å². The van der Waals surface area contributed by atoms with Crippen LogP contribution in [0.2, 0.25) is 0 Å². The summed E-state index contributed by atoms with van der Waals surface area (Å²) in [6.07, 6.45) is 1.72. The van der Waals surface area contributed by atoms with E-state index in [2.05, 4.69) is 23.4 Å². The van der Waals surface area contributed by atoms with Crippen LogP contribution in [0.1, 0.15) is 27.4 Å². The second-order valence-electron chi connectivity index (χ2n) is 4.35. The zero-order chi connectivity index (χ0) is 13.3. The number of aliphatic hydroxyl groups is 1. The number of rotatable bonds is 3. The predicted molar refractivity (Wildman–Crippen MR) is 69.7 cm³/mol. The van der Waals surface area contributed by atoms with Crippen LogP contribution < -0.4 is 17.0 Å². The van der Waals surface area contributed by atoms with E-state index in [-0.39, 0.29) is 24.8 Å². The molecule has 0 saturated heterocycles. The molecule has 0 aliphatic carbocycles. The number of hydrogen-bond acceptors (Lipinski definition) is 4. The minimum atomic E-state index is -0.173. The molecule has 6 heteroatoms. The molecular formula is C13H17ClN2O2S. The number of aliphatic hydroxyl groups excluding tert-OH is 1. The maximum absolute atomic E-state index is 9.90. The molecule has 0 fully saturated rings. The van der Waals surface area contributed by atoms with Gasteiger partial charge in [0, 0.05) is 24.2 Å². The van der Waals surface area contributed by atoms with Gasteiger partial charge in [-0.3, -0.25) is 4.98 Å². The first-order chi connectivity index (χ1) is 8.54. The van der Waals surface area contributed by atoms with E-state index in [1.807, 2.05) is 5.51 Å². The van der Waals surface area contributed by atoms with Crippen molar-refractivity contribution in [2.24, 2.45) is 0 Å². The average molecular weight is 301 g/mol. The van der Waals surface area contributed by atoms with Gasteiger partial charge in [0.15, 0.2) is 12.2 Å². The van der Waals surface area contributed by atoms with E-state index in [1.54, 1.807) is 24.5 Å². The number of thiazole rings is 1. The van der Waals surface area contributed by atoms with Gasteiger partial charge in [0.25, 0.3) is 0 Å². The van der Waals surface area contributed by atoms with E-state index >= 15 is 0 Å². The van der Waals surface area contributed by atoms with Gasteiger partial charge in [0.05, 0.1) is 17.2 Å². The molecule has 2 aromatic rings. The Balaban J connectivity index is 0.00000180. The lowest BCUT2D eigenvalue weighted by molar-refractivity contribution is -0.689. The Hall–Kier alpha value is -1.17. The number of halogens is 1. The molecule has 19 heavy (non-hydrogen) atoms. The topological polar surface area (TPSA) is 57.2 Å². The first kappa shape index (κ1) is 15.9. The molecule has 4 nitrogen and oxygen atoms in total. The molecule has 0 aliphatic heterocycles. The summed E-state index contributed by atoms with van der Waals surface area (Å²) in [5.74, 6) is 0.0974. The highest BCUT2D eigenvalue weighted by atomic mass is 35.5. The van der Waals surface area contributed by atoms with Crippen LogP contribution >= 0.6 is 11.3 Å². The van der Waals surface area contributed by atoms with Crippen molar-refractivity contribution < 1.29 is 27.2 Å². The quantitative estimate of drug-likeness (QED) is 0.686. The molecule has 0 aromatic carbocycles.